The molecule has 1 aromatic carbocycles. The van der Waals surface area contributed by atoms with Gasteiger partial charge in [0, 0.05) is 24.0 Å². The van der Waals surface area contributed by atoms with Crippen LogP contribution >= 0.6 is 0 Å². The Morgan fingerprint density at radius 1 is 1.00 bits per heavy atom. The highest BCUT2D eigenvalue weighted by atomic mass is 19.4. The second-order valence-electron chi connectivity index (χ2n) is 6.19. The lowest BCUT2D eigenvalue weighted by atomic mass is 10.0. The lowest BCUT2D eigenvalue weighted by molar-refractivity contribution is -0.143. The average molecular weight is 441 g/mol. The molecule has 0 bridgehead atoms. The number of nitrogens with one attached hydrogen (secondary N) is 1. The number of aromatic nitrogens is 4. The zero-order valence-electron chi connectivity index (χ0n) is 15.4. The number of carbonyl (C=O) groups excluding carboxylic acids is 1. The van der Waals surface area contributed by atoms with Crippen molar-refractivity contribution >= 4 is 17.8 Å². The van der Waals surface area contributed by atoms with Gasteiger partial charge in [-0.05, 0) is 30.3 Å². The number of benzene rings is 1. The number of alkyl halides is 6. The Morgan fingerprint density at radius 2 is 1.68 bits per heavy atom. The number of ketones is 1. The highest BCUT2D eigenvalue weighted by Crippen LogP contribution is 2.38. The first kappa shape index (κ1) is 22.0. The van der Waals surface area contributed by atoms with Gasteiger partial charge in [0.2, 0.25) is 0 Å². The Hall–Kier alpha value is -3.70. The van der Waals surface area contributed by atoms with Crippen LogP contribution in [0.4, 0.5) is 32.2 Å². The smallest absolute Gasteiger partial charge is 0.363 e. The van der Waals surface area contributed by atoms with Crippen molar-refractivity contribution in [1.29, 1.82) is 0 Å². The summed E-state index contributed by atoms with van der Waals surface area (Å²) in [6, 6.07) is 6.17. The third-order valence-corrected chi connectivity index (χ3v) is 3.88. The molecule has 1 N–H and O–H groups in total. The molecule has 0 aliphatic carbocycles. The zero-order chi connectivity index (χ0) is 22.6. The van der Waals surface area contributed by atoms with Gasteiger partial charge in [-0.15, -0.1) is 5.10 Å². The average Bonchev–Trinajstić information content (AvgIpc) is 3.19. The highest BCUT2D eigenvalue weighted by molar-refractivity contribution is 5.95. The minimum Gasteiger partial charge on any atom is -0.363 e. The lowest BCUT2D eigenvalue weighted by Gasteiger charge is -2.13. The van der Waals surface area contributed by atoms with Crippen LogP contribution in [0.5, 0.6) is 0 Å². The van der Waals surface area contributed by atoms with Gasteiger partial charge in [0.25, 0.3) is 0 Å². The van der Waals surface area contributed by atoms with Crippen LogP contribution in [0.3, 0.4) is 0 Å². The van der Waals surface area contributed by atoms with Gasteiger partial charge in [0.15, 0.2) is 11.6 Å². The van der Waals surface area contributed by atoms with E-state index in [2.05, 4.69) is 20.4 Å². The van der Waals surface area contributed by atoms with Gasteiger partial charge in [0.05, 0.1) is 17.7 Å². The topological polar surface area (TPSA) is 72.7 Å². The molecule has 0 amide bonds. The molecule has 3 aromatic rings. The first-order valence-electron chi connectivity index (χ1n) is 8.59. The van der Waals surface area contributed by atoms with Gasteiger partial charge in [0.1, 0.15) is 12.1 Å². The fourth-order valence-electron chi connectivity index (χ4n) is 2.43. The van der Waals surface area contributed by atoms with E-state index in [0.717, 1.165) is 17.1 Å². The molecule has 0 aliphatic rings. The van der Waals surface area contributed by atoms with E-state index in [1.165, 1.54) is 12.4 Å². The van der Waals surface area contributed by atoms with Crippen molar-refractivity contribution in [3.05, 3.63) is 66.1 Å². The van der Waals surface area contributed by atoms with Crippen LogP contribution < -0.4 is 5.32 Å². The Kier molecular flexibility index (Phi) is 6.09. The van der Waals surface area contributed by atoms with E-state index in [1.54, 1.807) is 18.2 Å². The Morgan fingerprint density at radius 3 is 2.26 bits per heavy atom. The molecule has 0 spiro atoms. The maximum absolute atomic E-state index is 13.0. The molecule has 162 valence electrons. The van der Waals surface area contributed by atoms with E-state index >= 15 is 0 Å². The number of nitrogens with zero attached hydrogens (tertiary/aromatic N) is 4. The minimum absolute atomic E-state index is 0.0215. The molecule has 0 saturated carbocycles. The summed E-state index contributed by atoms with van der Waals surface area (Å²) in [5.74, 6) is -0.251. The van der Waals surface area contributed by atoms with Crippen LogP contribution in [0.25, 0.3) is 17.6 Å². The molecule has 0 fully saturated rings. The Labute approximate surface area is 171 Å². The first-order valence-corrected chi connectivity index (χ1v) is 8.59. The number of halogens is 6. The van der Waals surface area contributed by atoms with Crippen LogP contribution in [-0.4, -0.2) is 32.1 Å². The summed E-state index contributed by atoms with van der Waals surface area (Å²) in [6.45, 7) is -0.0857. The Bertz CT molecular complexity index is 1060. The molecule has 0 radical (unpaired) electrons. The van der Waals surface area contributed by atoms with E-state index in [9.17, 15) is 31.1 Å². The lowest BCUT2D eigenvalue weighted by Crippen LogP contribution is -2.12. The Balaban J connectivity index is 1.77. The van der Waals surface area contributed by atoms with Gasteiger partial charge in [-0.1, -0.05) is 6.07 Å². The minimum atomic E-state index is -4.98. The predicted octanol–water partition coefficient (Wildman–Crippen LogP) is 4.53. The van der Waals surface area contributed by atoms with Gasteiger partial charge in [-0.25, -0.2) is 14.6 Å². The van der Waals surface area contributed by atoms with E-state index in [4.69, 9.17) is 0 Å². The second-order valence-corrected chi connectivity index (χ2v) is 6.19. The molecular weight excluding hydrogens is 428 g/mol. The number of rotatable bonds is 6. The van der Waals surface area contributed by atoms with Crippen LogP contribution in [0, 0.1) is 0 Å². The zero-order valence-corrected chi connectivity index (χ0v) is 15.4. The summed E-state index contributed by atoms with van der Waals surface area (Å²) in [5, 5.41) is 6.60. The summed E-state index contributed by atoms with van der Waals surface area (Å²) >= 11 is 0. The van der Waals surface area contributed by atoms with Crippen molar-refractivity contribution in [3.8, 4) is 11.4 Å². The van der Waals surface area contributed by atoms with E-state index < -0.39 is 29.0 Å². The van der Waals surface area contributed by atoms with E-state index in [0.29, 0.717) is 18.0 Å². The van der Waals surface area contributed by atoms with Crippen LogP contribution in [-0.2, 0) is 17.1 Å². The molecule has 0 atom stereocenters. The summed E-state index contributed by atoms with van der Waals surface area (Å²) in [6.07, 6.45) is -5.06. The highest BCUT2D eigenvalue weighted by Gasteiger charge is 2.37. The SMILES string of the molecule is O=C(/C=C\n1cnc(-c2cc(C(F)(F)F)cc(C(F)(F)F)c2)n1)CNc1ccccn1. The third-order valence-electron chi connectivity index (χ3n) is 3.88. The molecule has 0 unspecified atom stereocenters. The quantitative estimate of drug-likeness (QED) is 0.450. The summed E-state index contributed by atoms with van der Waals surface area (Å²) < 4.78 is 78.9. The molecule has 3 rings (SSSR count). The number of hydrogen-bond donors (Lipinski definition) is 1. The maximum Gasteiger partial charge on any atom is 0.416 e. The van der Waals surface area contributed by atoms with Gasteiger partial charge < -0.3 is 5.32 Å². The molecule has 2 aromatic heterocycles. The van der Waals surface area contributed by atoms with Crippen molar-refractivity contribution in [2.24, 2.45) is 0 Å². The monoisotopic (exact) mass is 441 g/mol. The largest absolute Gasteiger partial charge is 0.416 e. The van der Waals surface area contributed by atoms with Crippen molar-refractivity contribution in [2.45, 2.75) is 12.4 Å². The van der Waals surface area contributed by atoms with Gasteiger partial charge in [-0.2, -0.15) is 26.3 Å². The van der Waals surface area contributed by atoms with Gasteiger partial charge >= 0.3 is 12.4 Å². The van der Waals surface area contributed by atoms with Crippen molar-refractivity contribution in [2.75, 3.05) is 11.9 Å². The number of hydrogen-bond acceptors (Lipinski definition) is 5. The van der Waals surface area contributed by atoms with Crippen molar-refractivity contribution in [1.82, 2.24) is 19.7 Å². The molecule has 31 heavy (non-hydrogen) atoms. The molecule has 12 heteroatoms. The first-order chi connectivity index (χ1) is 14.5. The van der Waals surface area contributed by atoms with Crippen LogP contribution in [0.1, 0.15) is 11.1 Å². The molecule has 2 heterocycles. The van der Waals surface area contributed by atoms with E-state index in [1.807, 2.05) is 0 Å². The van der Waals surface area contributed by atoms with E-state index in [-0.39, 0.29) is 24.2 Å². The normalized spacial score (nSPS) is 12.3. The molecular formula is C19H13F6N5O. The van der Waals surface area contributed by atoms with Crippen molar-refractivity contribution in [3.63, 3.8) is 0 Å². The van der Waals surface area contributed by atoms with Crippen LogP contribution in [0.15, 0.2) is 55.0 Å². The summed E-state index contributed by atoms with van der Waals surface area (Å²) in [7, 11) is 0. The number of carbonyl (C=O) groups is 1. The third kappa shape index (κ3) is 5.90. The molecule has 6 nitrogen and oxygen atoms in total. The van der Waals surface area contributed by atoms with Gasteiger partial charge in [-0.3, -0.25) is 4.79 Å². The summed E-state index contributed by atoms with van der Waals surface area (Å²) in [4.78, 5) is 19.6. The fraction of sp³-hybridized carbons (Fsp3) is 0.158. The second kappa shape index (κ2) is 8.58. The predicted molar refractivity (Wildman–Crippen MR) is 98.5 cm³/mol. The number of anilines is 1. The standard InChI is InChI=1S/C19H13F6N5O/c20-18(21,22)13-7-12(8-14(9-13)19(23,24)25)17-28-11-30(29-17)6-4-15(31)10-27-16-3-1-2-5-26-16/h1-9,11H,10H2,(H,26,27)/b6-4-. The fourth-order valence-corrected chi connectivity index (χ4v) is 2.43. The van der Waals surface area contributed by atoms with Crippen LogP contribution in [0.2, 0.25) is 0 Å². The molecule has 0 aliphatic heterocycles. The molecule has 0 saturated heterocycles. The summed E-state index contributed by atoms with van der Waals surface area (Å²) in [5.41, 5.74) is -3.41. The maximum atomic E-state index is 13.0. The number of pyridine rings is 1. The van der Waals surface area contributed by atoms with Crippen molar-refractivity contribution < 1.29 is 31.1 Å².